The largest absolute Gasteiger partial charge is 0.360 e. The van der Waals surface area contributed by atoms with Crippen LogP contribution >= 0.6 is 22.9 Å². The molecule has 0 saturated heterocycles. The van der Waals surface area contributed by atoms with Gasteiger partial charge in [-0.05, 0) is 5.41 Å². The molecule has 2 nitrogen and oxygen atoms in total. The Bertz CT molecular complexity index is 241. The van der Waals surface area contributed by atoms with Crippen molar-refractivity contribution in [3.63, 3.8) is 0 Å². The second-order valence-electron chi connectivity index (χ2n) is 4.05. The molecule has 1 unspecified atom stereocenters. The average molecular weight is 219 g/mol. The van der Waals surface area contributed by atoms with Crippen LogP contribution in [0.1, 0.15) is 20.8 Å². The maximum Gasteiger partial charge on any atom is 0.182 e. The summed E-state index contributed by atoms with van der Waals surface area (Å²) < 4.78 is 0. The lowest BCUT2D eigenvalue weighted by atomic mass is 9.92. The van der Waals surface area contributed by atoms with Crippen molar-refractivity contribution < 1.29 is 0 Å². The Labute approximate surface area is 88.3 Å². The van der Waals surface area contributed by atoms with Gasteiger partial charge in [-0.25, -0.2) is 4.98 Å². The Hall–Kier alpha value is -0.280. The van der Waals surface area contributed by atoms with Gasteiger partial charge in [-0.15, -0.1) is 22.9 Å². The number of rotatable bonds is 3. The molecule has 0 bridgehead atoms. The maximum absolute atomic E-state index is 6.19. The topological polar surface area (TPSA) is 24.9 Å². The van der Waals surface area contributed by atoms with Crippen LogP contribution in [0, 0.1) is 5.41 Å². The standard InChI is InChI=1S/C9H15ClN2S/c1-9(2,3)7(10)6-12-8-11-4-5-13-8/h4-5,7H,6H2,1-3H3,(H,11,12). The van der Waals surface area contributed by atoms with Crippen LogP contribution in [-0.4, -0.2) is 16.9 Å². The molecular weight excluding hydrogens is 204 g/mol. The molecule has 1 atom stereocenters. The normalized spacial score (nSPS) is 14.2. The third kappa shape index (κ3) is 3.53. The summed E-state index contributed by atoms with van der Waals surface area (Å²) in [4.78, 5) is 4.12. The molecule has 1 heterocycles. The van der Waals surface area contributed by atoms with E-state index in [2.05, 4.69) is 31.1 Å². The van der Waals surface area contributed by atoms with Gasteiger partial charge in [0.25, 0.3) is 0 Å². The Balaban J connectivity index is 2.35. The van der Waals surface area contributed by atoms with E-state index in [0.29, 0.717) is 0 Å². The minimum Gasteiger partial charge on any atom is -0.360 e. The highest BCUT2D eigenvalue weighted by Gasteiger charge is 2.21. The van der Waals surface area contributed by atoms with Crippen LogP contribution < -0.4 is 5.32 Å². The molecule has 0 radical (unpaired) electrons. The van der Waals surface area contributed by atoms with Crippen LogP contribution in [0.4, 0.5) is 5.13 Å². The zero-order valence-electron chi connectivity index (χ0n) is 8.17. The van der Waals surface area contributed by atoms with Crippen molar-refractivity contribution in [2.75, 3.05) is 11.9 Å². The first kappa shape index (κ1) is 10.8. The predicted octanol–water partition coefficient (Wildman–Crippen LogP) is 3.21. The first-order valence-electron chi connectivity index (χ1n) is 4.27. The number of nitrogens with one attached hydrogen (secondary N) is 1. The molecule has 1 aromatic rings. The molecule has 1 aromatic heterocycles. The van der Waals surface area contributed by atoms with E-state index < -0.39 is 0 Å². The fourth-order valence-corrected chi connectivity index (χ4v) is 1.41. The highest BCUT2D eigenvalue weighted by Crippen LogP contribution is 2.24. The third-order valence-electron chi connectivity index (χ3n) is 1.80. The van der Waals surface area contributed by atoms with Crippen molar-refractivity contribution in [1.82, 2.24) is 4.98 Å². The van der Waals surface area contributed by atoms with E-state index in [-0.39, 0.29) is 10.8 Å². The first-order chi connectivity index (χ1) is 6.00. The number of thiazole rings is 1. The molecular formula is C9H15ClN2S. The van der Waals surface area contributed by atoms with Crippen LogP contribution in [0.3, 0.4) is 0 Å². The van der Waals surface area contributed by atoms with Gasteiger partial charge in [0.1, 0.15) is 0 Å². The monoisotopic (exact) mass is 218 g/mol. The first-order valence-corrected chi connectivity index (χ1v) is 5.59. The molecule has 13 heavy (non-hydrogen) atoms. The molecule has 74 valence electrons. The second kappa shape index (κ2) is 4.29. The molecule has 0 aliphatic rings. The van der Waals surface area contributed by atoms with Gasteiger partial charge in [-0.3, -0.25) is 0 Å². The molecule has 1 N–H and O–H groups in total. The van der Waals surface area contributed by atoms with E-state index in [0.717, 1.165) is 11.7 Å². The Morgan fingerprint density at radius 2 is 2.31 bits per heavy atom. The molecule has 0 fully saturated rings. The van der Waals surface area contributed by atoms with Gasteiger partial charge in [-0.2, -0.15) is 0 Å². The molecule has 0 aliphatic carbocycles. The summed E-state index contributed by atoms with van der Waals surface area (Å²) in [7, 11) is 0. The molecule has 0 amide bonds. The summed E-state index contributed by atoms with van der Waals surface area (Å²) in [6.45, 7) is 7.16. The highest BCUT2D eigenvalue weighted by atomic mass is 35.5. The lowest BCUT2D eigenvalue weighted by Gasteiger charge is -2.24. The van der Waals surface area contributed by atoms with Gasteiger partial charge in [0.05, 0.1) is 5.38 Å². The number of halogens is 1. The van der Waals surface area contributed by atoms with Gasteiger partial charge < -0.3 is 5.32 Å². The van der Waals surface area contributed by atoms with E-state index in [1.807, 2.05) is 5.38 Å². The number of aromatic nitrogens is 1. The Morgan fingerprint density at radius 1 is 1.62 bits per heavy atom. The molecule has 0 spiro atoms. The van der Waals surface area contributed by atoms with Crippen LogP contribution in [0.25, 0.3) is 0 Å². The van der Waals surface area contributed by atoms with E-state index >= 15 is 0 Å². The zero-order chi connectivity index (χ0) is 9.90. The zero-order valence-corrected chi connectivity index (χ0v) is 9.75. The van der Waals surface area contributed by atoms with E-state index in [4.69, 9.17) is 11.6 Å². The fraction of sp³-hybridized carbons (Fsp3) is 0.667. The summed E-state index contributed by atoms with van der Waals surface area (Å²) in [6.07, 6.45) is 1.79. The quantitative estimate of drug-likeness (QED) is 0.789. The van der Waals surface area contributed by atoms with E-state index in [9.17, 15) is 0 Å². The van der Waals surface area contributed by atoms with Crippen molar-refractivity contribution in [2.45, 2.75) is 26.1 Å². The van der Waals surface area contributed by atoms with Crippen LogP contribution in [-0.2, 0) is 0 Å². The van der Waals surface area contributed by atoms with Crippen LogP contribution in [0.5, 0.6) is 0 Å². The minimum atomic E-state index is 0.122. The number of hydrogen-bond acceptors (Lipinski definition) is 3. The smallest absolute Gasteiger partial charge is 0.182 e. The minimum absolute atomic E-state index is 0.122. The van der Waals surface area contributed by atoms with Crippen molar-refractivity contribution in [3.8, 4) is 0 Å². The third-order valence-corrected chi connectivity index (χ3v) is 3.34. The molecule has 4 heteroatoms. The van der Waals surface area contributed by atoms with Crippen LogP contribution in [0.15, 0.2) is 11.6 Å². The lowest BCUT2D eigenvalue weighted by molar-refractivity contribution is 0.397. The van der Waals surface area contributed by atoms with Gasteiger partial charge >= 0.3 is 0 Å². The average Bonchev–Trinajstić information content (AvgIpc) is 2.50. The van der Waals surface area contributed by atoms with Crippen molar-refractivity contribution >= 4 is 28.1 Å². The van der Waals surface area contributed by atoms with E-state index in [1.165, 1.54) is 0 Å². The molecule has 0 aliphatic heterocycles. The number of anilines is 1. The summed E-state index contributed by atoms with van der Waals surface area (Å²) in [5.74, 6) is 0. The Kier molecular flexibility index (Phi) is 3.56. The number of nitrogens with zero attached hydrogens (tertiary/aromatic N) is 1. The fourth-order valence-electron chi connectivity index (χ4n) is 0.794. The summed E-state index contributed by atoms with van der Waals surface area (Å²) >= 11 is 7.78. The van der Waals surface area contributed by atoms with Crippen LogP contribution in [0.2, 0.25) is 0 Å². The van der Waals surface area contributed by atoms with Crippen molar-refractivity contribution in [2.24, 2.45) is 5.41 Å². The number of alkyl halides is 1. The second-order valence-corrected chi connectivity index (χ2v) is 5.47. The molecule has 1 rings (SSSR count). The van der Waals surface area contributed by atoms with Gasteiger partial charge in [0.2, 0.25) is 0 Å². The van der Waals surface area contributed by atoms with E-state index in [1.54, 1.807) is 17.5 Å². The summed E-state index contributed by atoms with van der Waals surface area (Å²) in [5, 5.41) is 6.21. The van der Waals surface area contributed by atoms with Gasteiger partial charge in [-0.1, -0.05) is 20.8 Å². The van der Waals surface area contributed by atoms with Gasteiger partial charge in [0.15, 0.2) is 5.13 Å². The van der Waals surface area contributed by atoms with Crippen molar-refractivity contribution in [1.29, 1.82) is 0 Å². The summed E-state index contributed by atoms with van der Waals surface area (Å²) in [6, 6.07) is 0. The molecule has 0 saturated carbocycles. The van der Waals surface area contributed by atoms with Crippen molar-refractivity contribution in [3.05, 3.63) is 11.6 Å². The van der Waals surface area contributed by atoms with Gasteiger partial charge in [0, 0.05) is 18.1 Å². The SMILES string of the molecule is CC(C)(C)C(Cl)CNc1nccs1. The lowest BCUT2D eigenvalue weighted by Crippen LogP contribution is -2.28. The highest BCUT2D eigenvalue weighted by molar-refractivity contribution is 7.13. The maximum atomic E-state index is 6.19. The summed E-state index contributed by atoms with van der Waals surface area (Å²) in [5.41, 5.74) is 0.131. The Morgan fingerprint density at radius 3 is 2.77 bits per heavy atom. The predicted molar refractivity (Wildman–Crippen MR) is 59.7 cm³/mol. The molecule has 0 aromatic carbocycles. The number of hydrogen-bond donors (Lipinski definition) is 1.